The number of amides is 1. The molecule has 0 unspecified atom stereocenters. The lowest BCUT2D eigenvalue weighted by Crippen LogP contribution is -2.28. The van der Waals surface area contributed by atoms with E-state index in [4.69, 9.17) is 12.2 Å². The number of carbonyl (C=O) groups excluding carboxylic acids is 1. The van der Waals surface area contributed by atoms with E-state index in [0.29, 0.717) is 9.23 Å². The average molecular weight is 369 g/mol. The molecule has 0 radical (unpaired) electrons. The molecule has 0 atom stereocenters. The maximum Gasteiger partial charge on any atom is 0.270 e. The smallest absolute Gasteiger partial charge is 0.270 e. The molecule has 0 N–H and O–H groups in total. The van der Waals surface area contributed by atoms with Crippen LogP contribution in [0.15, 0.2) is 53.4 Å². The predicted molar refractivity (Wildman–Crippen MR) is 112 cm³/mol. The summed E-state index contributed by atoms with van der Waals surface area (Å²) >= 11 is 6.84. The van der Waals surface area contributed by atoms with E-state index in [2.05, 4.69) is 6.92 Å². The zero-order valence-electron chi connectivity index (χ0n) is 14.5. The van der Waals surface area contributed by atoms with Crippen molar-refractivity contribution in [2.75, 3.05) is 23.9 Å². The number of carbonyl (C=O) groups is 1. The van der Waals surface area contributed by atoms with Crippen LogP contribution in [0.5, 0.6) is 0 Å². The Morgan fingerprint density at radius 1 is 1.12 bits per heavy atom. The minimum absolute atomic E-state index is 0.0485. The van der Waals surface area contributed by atoms with Crippen molar-refractivity contribution in [1.82, 2.24) is 0 Å². The van der Waals surface area contributed by atoms with Crippen LogP contribution >= 0.6 is 24.0 Å². The molecule has 128 valence electrons. The maximum atomic E-state index is 12.9. The quantitative estimate of drug-likeness (QED) is 0.575. The summed E-state index contributed by atoms with van der Waals surface area (Å²) in [6.45, 7) is 2.08. The molecule has 1 fully saturated rings. The van der Waals surface area contributed by atoms with Crippen LogP contribution in [0.3, 0.4) is 0 Å². The highest BCUT2D eigenvalue weighted by Crippen LogP contribution is 2.37. The second kappa shape index (κ2) is 7.42. The van der Waals surface area contributed by atoms with Gasteiger partial charge < -0.3 is 4.90 Å². The molecule has 3 nitrogen and oxygen atoms in total. The lowest BCUT2D eigenvalue weighted by atomic mass is 10.1. The molecule has 1 aliphatic heterocycles. The fourth-order valence-electron chi connectivity index (χ4n) is 2.72. The minimum Gasteiger partial charge on any atom is -0.378 e. The van der Waals surface area contributed by atoms with Crippen LogP contribution in [0.4, 0.5) is 11.4 Å². The third-order valence-corrected chi connectivity index (χ3v) is 5.42. The summed E-state index contributed by atoms with van der Waals surface area (Å²) in [6.07, 6.45) is 2.77. The van der Waals surface area contributed by atoms with Crippen molar-refractivity contribution in [3.63, 3.8) is 0 Å². The van der Waals surface area contributed by atoms with Gasteiger partial charge in [0.05, 0.1) is 10.6 Å². The fourth-order valence-corrected chi connectivity index (χ4v) is 4.01. The van der Waals surface area contributed by atoms with Crippen molar-refractivity contribution in [3.05, 3.63) is 64.6 Å². The van der Waals surface area contributed by atoms with E-state index in [1.165, 1.54) is 11.8 Å². The van der Waals surface area contributed by atoms with Gasteiger partial charge in [-0.3, -0.25) is 9.69 Å². The van der Waals surface area contributed by atoms with E-state index in [0.717, 1.165) is 28.9 Å². The van der Waals surface area contributed by atoms with Gasteiger partial charge in [-0.25, -0.2) is 0 Å². The normalized spacial score (nSPS) is 16.0. The van der Waals surface area contributed by atoms with Crippen molar-refractivity contribution < 1.29 is 4.79 Å². The monoisotopic (exact) mass is 368 g/mol. The molecule has 0 aromatic heterocycles. The Morgan fingerprint density at radius 3 is 2.44 bits per heavy atom. The SMILES string of the molecule is CCc1ccccc1N1C(=O)C(=Cc2ccc(N(C)C)cc2)SC1=S. The average Bonchev–Trinajstić information content (AvgIpc) is 2.89. The summed E-state index contributed by atoms with van der Waals surface area (Å²) < 4.78 is 0.585. The number of aryl methyl sites for hydroxylation is 1. The largest absolute Gasteiger partial charge is 0.378 e. The van der Waals surface area contributed by atoms with E-state index in [-0.39, 0.29) is 5.91 Å². The molecule has 1 heterocycles. The standard InChI is InChI=1S/C20H20N2OS2/c1-4-15-7-5-6-8-17(15)22-19(23)18(25-20(22)24)13-14-9-11-16(12-10-14)21(2)3/h5-13H,4H2,1-3H3. The van der Waals surface area contributed by atoms with Crippen LogP contribution in [0, 0.1) is 0 Å². The van der Waals surface area contributed by atoms with Crippen molar-refractivity contribution >= 4 is 51.7 Å². The molecule has 3 rings (SSSR count). The van der Waals surface area contributed by atoms with Crippen molar-refractivity contribution in [2.24, 2.45) is 0 Å². The van der Waals surface area contributed by atoms with Crippen LogP contribution in [0.2, 0.25) is 0 Å². The Hall–Kier alpha value is -2.11. The number of anilines is 2. The number of benzene rings is 2. The highest BCUT2D eigenvalue weighted by molar-refractivity contribution is 8.27. The van der Waals surface area contributed by atoms with Gasteiger partial charge in [0.2, 0.25) is 0 Å². The molecule has 1 aliphatic rings. The number of hydrogen-bond acceptors (Lipinski definition) is 4. The molecule has 2 aromatic carbocycles. The Kier molecular flexibility index (Phi) is 5.25. The molecule has 1 saturated heterocycles. The number of rotatable bonds is 4. The van der Waals surface area contributed by atoms with Crippen LogP contribution in [-0.2, 0) is 11.2 Å². The van der Waals surface area contributed by atoms with Gasteiger partial charge in [0.1, 0.15) is 0 Å². The summed E-state index contributed by atoms with van der Waals surface area (Å²) in [5, 5.41) is 0. The topological polar surface area (TPSA) is 23.6 Å². The van der Waals surface area contributed by atoms with E-state index in [1.54, 1.807) is 4.90 Å². The van der Waals surface area contributed by atoms with E-state index < -0.39 is 0 Å². The second-order valence-corrected chi connectivity index (χ2v) is 7.66. The summed E-state index contributed by atoms with van der Waals surface area (Å²) in [7, 11) is 4.01. The highest BCUT2D eigenvalue weighted by Gasteiger charge is 2.34. The summed E-state index contributed by atoms with van der Waals surface area (Å²) in [5.41, 5.74) is 4.13. The van der Waals surface area contributed by atoms with E-state index in [9.17, 15) is 4.79 Å². The zero-order valence-corrected chi connectivity index (χ0v) is 16.2. The van der Waals surface area contributed by atoms with Crippen LogP contribution in [0.1, 0.15) is 18.1 Å². The van der Waals surface area contributed by atoms with Crippen LogP contribution in [-0.4, -0.2) is 24.3 Å². The third kappa shape index (κ3) is 3.62. The molecule has 0 saturated carbocycles. The molecule has 0 aliphatic carbocycles. The number of hydrogen-bond donors (Lipinski definition) is 0. The van der Waals surface area contributed by atoms with Gasteiger partial charge in [-0.05, 0) is 41.8 Å². The summed E-state index contributed by atoms with van der Waals surface area (Å²) in [6, 6.07) is 16.0. The third-order valence-electron chi connectivity index (χ3n) is 4.11. The van der Waals surface area contributed by atoms with Crippen molar-refractivity contribution in [2.45, 2.75) is 13.3 Å². The first-order valence-corrected chi connectivity index (χ1v) is 9.37. The fraction of sp³-hybridized carbons (Fsp3) is 0.200. The Bertz CT molecular complexity index is 841. The molecule has 5 heteroatoms. The number of thiocarbonyl (C=S) groups is 1. The first kappa shape index (κ1) is 17.7. The van der Waals surface area contributed by atoms with Crippen molar-refractivity contribution in [1.29, 1.82) is 0 Å². The molecule has 0 spiro atoms. The van der Waals surface area contributed by atoms with Gasteiger partial charge in [-0.15, -0.1) is 0 Å². The first-order valence-electron chi connectivity index (χ1n) is 8.14. The molecule has 1 amide bonds. The van der Waals surface area contributed by atoms with Crippen LogP contribution < -0.4 is 9.80 Å². The summed E-state index contributed by atoms with van der Waals surface area (Å²) in [5.74, 6) is -0.0485. The second-order valence-electron chi connectivity index (χ2n) is 5.99. The molecular weight excluding hydrogens is 348 g/mol. The minimum atomic E-state index is -0.0485. The maximum absolute atomic E-state index is 12.9. The first-order chi connectivity index (χ1) is 12.0. The number of para-hydroxylation sites is 1. The van der Waals surface area contributed by atoms with Gasteiger partial charge in [-0.2, -0.15) is 0 Å². The Balaban J connectivity index is 1.90. The van der Waals surface area contributed by atoms with E-state index in [1.807, 2.05) is 73.6 Å². The Labute approximate surface area is 158 Å². The highest BCUT2D eigenvalue weighted by atomic mass is 32.2. The number of nitrogens with zero attached hydrogens (tertiary/aromatic N) is 2. The molecule has 0 bridgehead atoms. The van der Waals surface area contributed by atoms with E-state index >= 15 is 0 Å². The van der Waals surface area contributed by atoms with Gasteiger partial charge in [0.15, 0.2) is 4.32 Å². The van der Waals surface area contributed by atoms with Gasteiger partial charge in [-0.1, -0.05) is 61.2 Å². The van der Waals surface area contributed by atoms with Crippen molar-refractivity contribution in [3.8, 4) is 0 Å². The van der Waals surface area contributed by atoms with Gasteiger partial charge in [0, 0.05) is 19.8 Å². The van der Waals surface area contributed by atoms with Crippen LogP contribution in [0.25, 0.3) is 6.08 Å². The lowest BCUT2D eigenvalue weighted by Gasteiger charge is -2.18. The zero-order chi connectivity index (χ0) is 18.0. The van der Waals surface area contributed by atoms with Gasteiger partial charge >= 0.3 is 0 Å². The van der Waals surface area contributed by atoms with Gasteiger partial charge in [0.25, 0.3) is 5.91 Å². The predicted octanol–water partition coefficient (Wildman–Crippen LogP) is 4.72. The number of thioether (sulfide) groups is 1. The molecular formula is C20H20N2OS2. The summed E-state index contributed by atoms with van der Waals surface area (Å²) in [4.78, 5) is 17.3. The Morgan fingerprint density at radius 2 is 1.80 bits per heavy atom. The lowest BCUT2D eigenvalue weighted by molar-refractivity contribution is -0.113. The molecule has 25 heavy (non-hydrogen) atoms. The molecule has 2 aromatic rings.